The number of ether oxygens (including phenoxy) is 3. The van der Waals surface area contributed by atoms with Gasteiger partial charge in [-0.25, -0.2) is 0 Å². The Morgan fingerprint density at radius 3 is 2.42 bits per heavy atom. The quantitative estimate of drug-likeness (QED) is 0.248. The fourth-order valence-electron chi connectivity index (χ4n) is 3.57. The lowest BCUT2D eigenvalue weighted by Gasteiger charge is -2.27. The van der Waals surface area contributed by atoms with Crippen molar-refractivity contribution < 1.29 is 19.4 Å². The van der Waals surface area contributed by atoms with Crippen molar-refractivity contribution in [2.75, 3.05) is 7.11 Å². The molecule has 0 bridgehead atoms. The average Bonchev–Trinajstić information content (AvgIpc) is 2.85. The van der Waals surface area contributed by atoms with Gasteiger partial charge in [0.1, 0.15) is 18.1 Å². The monoisotopic (exact) mass is 439 g/mol. The third-order valence-electron chi connectivity index (χ3n) is 5.25. The summed E-state index contributed by atoms with van der Waals surface area (Å²) in [7, 11) is 1.62. The van der Waals surface area contributed by atoms with E-state index in [4.69, 9.17) is 14.2 Å². The van der Waals surface area contributed by atoms with Gasteiger partial charge in [-0.1, -0.05) is 71.9 Å². The smallest absolute Gasteiger partial charge is 0.187 e. The van der Waals surface area contributed by atoms with Gasteiger partial charge in [0.25, 0.3) is 0 Å². The first-order valence-electron chi connectivity index (χ1n) is 10.6. The van der Waals surface area contributed by atoms with E-state index < -0.39 is 0 Å². The summed E-state index contributed by atoms with van der Waals surface area (Å²) in [5.41, 5.74) is 4.08. The summed E-state index contributed by atoms with van der Waals surface area (Å²) in [6.07, 6.45) is 4.14. The highest BCUT2D eigenvalue weighted by molar-refractivity contribution is 6.21. The largest absolute Gasteiger partial charge is 0.497 e. The van der Waals surface area contributed by atoms with Crippen LogP contribution in [0.4, 0.5) is 0 Å². The molecule has 3 aromatic rings. The number of nitrogens with zero attached hydrogens (tertiary/aromatic N) is 1. The van der Waals surface area contributed by atoms with Gasteiger partial charge in [-0.05, 0) is 41.8 Å². The average molecular weight is 440 g/mol. The van der Waals surface area contributed by atoms with E-state index >= 15 is 0 Å². The Labute approximate surface area is 193 Å². The molecule has 1 saturated heterocycles. The van der Waals surface area contributed by atoms with E-state index in [9.17, 15) is 5.21 Å². The number of benzene rings is 3. The zero-order chi connectivity index (χ0) is 23.0. The summed E-state index contributed by atoms with van der Waals surface area (Å²) in [6, 6.07) is 25.3. The molecular weight excluding hydrogens is 414 g/mol. The van der Waals surface area contributed by atoms with E-state index in [1.54, 1.807) is 13.2 Å². The fraction of sp³-hybridized carbons (Fsp3) is 0.107. The van der Waals surface area contributed by atoms with Crippen LogP contribution in [-0.4, -0.2) is 18.0 Å². The maximum Gasteiger partial charge on any atom is 0.187 e. The second-order valence-corrected chi connectivity index (χ2v) is 7.40. The van der Waals surface area contributed by atoms with Gasteiger partial charge in [0.2, 0.25) is 0 Å². The molecule has 1 N–H and O–H groups in total. The highest BCUT2D eigenvalue weighted by atomic mass is 16.5. The predicted octanol–water partition coefficient (Wildman–Crippen LogP) is 6.46. The van der Waals surface area contributed by atoms with Crippen molar-refractivity contribution in [2.24, 2.45) is 5.16 Å². The van der Waals surface area contributed by atoms with Crippen molar-refractivity contribution >= 4 is 17.4 Å². The molecule has 0 saturated carbocycles. The van der Waals surface area contributed by atoms with Crippen LogP contribution in [0.25, 0.3) is 11.6 Å². The second-order valence-electron chi connectivity index (χ2n) is 7.40. The molecule has 0 aromatic heterocycles. The Hall–Kier alpha value is -4.25. The normalized spacial score (nSPS) is 16.6. The molecule has 0 spiro atoms. The molecule has 5 nitrogen and oxygen atoms in total. The Bertz CT molecular complexity index is 1210. The summed E-state index contributed by atoms with van der Waals surface area (Å²) < 4.78 is 17.3. The third kappa shape index (κ3) is 4.99. The number of hydrogen-bond acceptors (Lipinski definition) is 5. The van der Waals surface area contributed by atoms with E-state index in [0.29, 0.717) is 30.3 Å². The van der Waals surface area contributed by atoms with Crippen molar-refractivity contribution in [1.29, 1.82) is 0 Å². The molecule has 5 heteroatoms. The summed E-state index contributed by atoms with van der Waals surface area (Å²) >= 11 is 0. The molecular formula is C28H25NO4. The predicted molar refractivity (Wildman–Crippen MR) is 130 cm³/mol. The Morgan fingerprint density at radius 2 is 1.73 bits per heavy atom. The number of rotatable bonds is 8. The van der Waals surface area contributed by atoms with Crippen LogP contribution in [0.1, 0.15) is 23.1 Å². The van der Waals surface area contributed by atoms with Crippen LogP contribution in [0, 0.1) is 0 Å². The second kappa shape index (κ2) is 10.4. The van der Waals surface area contributed by atoms with Gasteiger partial charge >= 0.3 is 0 Å². The zero-order valence-electron chi connectivity index (χ0n) is 18.4. The molecule has 0 unspecified atom stereocenters. The van der Waals surface area contributed by atoms with Gasteiger partial charge < -0.3 is 19.4 Å². The van der Waals surface area contributed by atoms with E-state index in [0.717, 1.165) is 33.8 Å². The summed E-state index contributed by atoms with van der Waals surface area (Å²) in [5.74, 6) is 2.48. The molecule has 0 radical (unpaired) electrons. The minimum Gasteiger partial charge on any atom is -0.497 e. The van der Waals surface area contributed by atoms with Crippen molar-refractivity contribution in [1.82, 2.24) is 0 Å². The Kier molecular flexibility index (Phi) is 6.90. The molecule has 166 valence electrons. The van der Waals surface area contributed by atoms with Gasteiger partial charge in [0, 0.05) is 11.1 Å². The van der Waals surface area contributed by atoms with E-state index in [-0.39, 0.29) is 0 Å². The molecule has 4 rings (SSSR count). The minimum atomic E-state index is 0.389. The lowest BCUT2D eigenvalue weighted by atomic mass is 9.95. The molecule has 0 aliphatic carbocycles. The first kappa shape index (κ1) is 22.0. The van der Waals surface area contributed by atoms with Gasteiger partial charge in [-0.2, -0.15) is 0 Å². The number of methoxy groups -OCH3 is 1. The molecule has 1 fully saturated rings. The minimum absolute atomic E-state index is 0.389. The van der Waals surface area contributed by atoms with Crippen LogP contribution >= 0.6 is 0 Å². The van der Waals surface area contributed by atoms with Crippen LogP contribution in [0.15, 0.2) is 108 Å². The zero-order valence-corrected chi connectivity index (χ0v) is 18.4. The van der Waals surface area contributed by atoms with E-state index in [1.807, 2.05) is 84.9 Å². The standard InChI is InChI=1S/C28H25NO4/c1-3-9-24(23-12-7-8-13-25(23)32-19-21-10-5-4-6-11-21)28-27(29-30)26(33-28)18-20-14-16-22(31-2)17-15-20/h3-8,10-18,30H,1,9,19H2,2H3/b26-18-,28-24-,29-27+. The lowest BCUT2D eigenvalue weighted by Crippen LogP contribution is -2.24. The summed E-state index contributed by atoms with van der Waals surface area (Å²) in [6.45, 7) is 4.33. The molecule has 3 aromatic carbocycles. The van der Waals surface area contributed by atoms with E-state index in [1.165, 1.54) is 0 Å². The molecule has 0 amide bonds. The van der Waals surface area contributed by atoms with Crippen molar-refractivity contribution in [2.45, 2.75) is 13.0 Å². The van der Waals surface area contributed by atoms with Gasteiger partial charge in [0.05, 0.1) is 7.11 Å². The van der Waals surface area contributed by atoms with Gasteiger partial charge in [-0.3, -0.25) is 0 Å². The third-order valence-corrected chi connectivity index (χ3v) is 5.25. The van der Waals surface area contributed by atoms with Gasteiger partial charge in [-0.15, -0.1) is 6.58 Å². The number of oxime groups is 1. The Balaban J connectivity index is 1.63. The summed E-state index contributed by atoms with van der Waals surface area (Å²) in [4.78, 5) is 0. The SMILES string of the molecule is C=CC/C(=C1/OC(=C\c2ccc(OC)cc2)/C1=N\O)c1ccccc1OCc1ccccc1. The van der Waals surface area contributed by atoms with Crippen molar-refractivity contribution in [3.63, 3.8) is 0 Å². The molecule has 1 heterocycles. The topological polar surface area (TPSA) is 60.3 Å². The maximum atomic E-state index is 9.73. The first-order chi connectivity index (χ1) is 16.2. The number of allylic oxidation sites excluding steroid dienone is 2. The van der Waals surface area contributed by atoms with Crippen LogP contribution in [0.2, 0.25) is 0 Å². The number of hydrogen-bond donors (Lipinski definition) is 1. The molecule has 1 aliphatic rings. The molecule has 33 heavy (non-hydrogen) atoms. The van der Waals surface area contributed by atoms with Crippen LogP contribution in [-0.2, 0) is 11.3 Å². The van der Waals surface area contributed by atoms with Crippen LogP contribution < -0.4 is 9.47 Å². The maximum absolute atomic E-state index is 9.73. The molecule has 1 aliphatic heterocycles. The highest BCUT2D eigenvalue weighted by Crippen LogP contribution is 2.39. The molecule has 0 atom stereocenters. The lowest BCUT2D eigenvalue weighted by molar-refractivity contribution is 0.275. The van der Waals surface area contributed by atoms with Crippen molar-refractivity contribution in [3.8, 4) is 11.5 Å². The summed E-state index contributed by atoms with van der Waals surface area (Å²) in [5, 5.41) is 13.2. The van der Waals surface area contributed by atoms with Crippen LogP contribution in [0.3, 0.4) is 0 Å². The Morgan fingerprint density at radius 1 is 1.00 bits per heavy atom. The number of para-hydroxylation sites is 1. The fourth-order valence-corrected chi connectivity index (χ4v) is 3.57. The van der Waals surface area contributed by atoms with E-state index in [2.05, 4.69) is 11.7 Å². The first-order valence-corrected chi connectivity index (χ1v) is 10.6. The highest BCUT2D eigenvalue weighted by Gasteiger charge is 2.33. The van der Waals surface area contributed by atoms with Crippen molar-refractivity contribution in [3.05, 3.63) is 120 Å². The van der Waals surface area contributed by atoms with Crippen LogP contribution in [0.5, 0.6) is 11.5 Å². The van der Waals surface area contributed by atoms with Gasteiger partial charge in [0.15, 0.2) is 17.2 Å².